The Morgan fingerprint density at radius 1 is 0.971 bits per heavy atom. The number of aromatic amines is 1. The van der Waals surface area contributed by atoms with Gasteiger partial charge in [0, 0.05) is 49.9 Å². The molecule has 1 aliphatic rings. The minimum atomic E-state index is 0.483. The van der Waals surface area contributed by atoms with Crippen LogP contribution in [-0.2, 0) is 13.2 Å². The van der Waals surface area contributed by atoms with E-state index in [1.165, 1.54) is 5.56 Å². The van der Waals surface area contributed by atoms with Crippen LogP contribution in [0.4, 0.5) is 0 Å². The van der Waals surface area contributed by atoms with E-state index in [0.717, 1.165) is 71.7 Å². The van der Waals surface area contributed by atoms with E-state index in [1.807, 2.05) is 31.2 Å². The molecule has 5 heteroatoms. The molecular formula is C29H32N4O. The predicted molar refractivity (Wildman–Crippen MR) is 140 cm³/mol. The predicted octanol–water partition coefficient (Wildman–Crippen LogP) is 5.59. The Morgan fingerprint density at radius 2 is 1.71 bits per heavy atom. The summed E-state index contributed by atoms with van der Waals surface area (Å²) in [5, 5.41) is 1.07. The number of nitrogens with zero attached hydrogens (tertiary/aromatic N) is 3. The van der Waals surface area contributed by atoms with E-state index in [-0.39, 0.29) is 0 Å². The number of ether oxygens (including phenoxy) is 1. The van der Waals surface area contributed by atoms with Gasteiger partial charge < -0.3 is 14.6 Å². The van der Waals surface area contributed by atoms with Gasteiger partial charge in [-0.2, -0.15) is 4.98 Å². The maximum Gasteiger partial charge on any atom is 0.216 e. The van der Waals surface area contributed by atoms with Crippen LogP contribution in [0.3, 0.4) is 0 Å². The van der Waals surface area contributed by atoms with Crippen LogP contribution in [0.1, 0.15) is 23.6 Å². The molecule has 5 rings (SSSR count). The number of hydrogen-bond donors (Lipinski definition) is 1. The average Bonchev–Trinajstić information content (AvgIpc) is 3.29. The lowest BCUT2D eigenvalue weighted by Gasteiger charge is -2.32. The van der Waals surface area contributed by atoms with Gasteiger partial charge in [0.2, 0.25) is 5.88 Å². The smallest absolute Gasteiger partial charge is 0.216 e. The lowest BCUT2D eigenvalue weighted by atomic mass is 10.1. The minimum absolute atomic E-state index is 0.483. The monoisotopic (exact) mass is 452 g/mol. The van der Waals surface area contributed by atoms with Gasteiger partial charge in [0.25, 0.3) is 0 Å². The first-order valence-electron chi connectivity index (χ1n) is 11.9. The Morgan fingerprint density at radius 3 is 2.41 bits per heavy atom. The van der Waals surface area contributed by atoms with Crippen LogP contribution in [0, 0.1) is 0 Å². The molecule has 2 aromatic heterocycles. The fourth-order valence-electron chi connectivity index (χ4n) is 4.45. The molecule has 0 aliphatic carbocycles. The average molecular weight is 453 g/mol. The number of rotatable bonds is 7. The minimum Gasteiger partial charge on any atom is -0.473 e. The number of piperazine rings is 1. The third-order valence-corrected chi connectivity index (χ3v) is 6.53. The third kappa shape index (κ3) is 5.06. The lowest BCUT2D eigenvalue weighted by molar-refractivity contribution is 0.148. The number of nitrogens with one attached hydrogen (secondary N) is 1. The van der Waals surface area contributed by atoms with E-state index in [1.54, 1.807) is 0 Å². The molecule has 0 saturated carbocycles. The molecule has 1 fully saturated rings. The summed E-state index contributed by atoms with van der Waals surface area (Å²) < 4.78 is 6.02. The maximum atomic E-state index is 6.02. The highest BCUT2D eigenvalue weighted by atomic mass is 16.5. The Balaban J connectivity index is 1.36. The summed E-state index contributed by atoms with van der Waals surface area (Å²) in [4.78, 5) is 13.2. The largest absolute Gasteiger partial charge is 0.473 e. The molecule has 1 saturated heterocycles. The zero-order chi connectivity index (χ0) is 23.5. The molecule has 1 N–H and O–H groups in total. The molecular weight excluding hydrogens is 420 g/mol. The highest BCUT2D eigenvalue weighted by molar-refractivity contribution is 5.93. The fraction of sp³-hybridized carbons (Fsp3) is 0.276. The molecule has 4 aromatic rings. The number of allylic oxidation sites excluding steroid dienone is 1. The summed E-state index contributed by atoms with van der Waals surface area (Å²) >= 11 is 0. The Bertz CT molecular complexity index is 1270. The zero-order valence-corrected chi connectivity index (χ0v) is 20.1. The summed E-state index contributed by atoms with van der Waals surface area (Å²) in [5.74, 6) is 0.602. The van der Waals surface area contributed by atoms with Crippen molar-refractivity contribution < 1.29 is 4.74 Å². The van der Waals surface area contributed by atoms with Crippen LogP contribution in [0.25, 0.3) is 27.9 Å². The van der Waals surface area contributed by atoms with Crippen LogP contribution in [0.15, 0.2) is 73.3 Å². The molecule has 5 nitrogen and oxygen atoms in total. The molecule has 0 unspecified atom stereocenters. The molecule has 0 atom stereocenters. The van der Waals surface area contributed by atoms with Gasteiger partial charge in [-0.1, -0.05) is 66.7 Å². The lowest BCUT2D eigenvalue weighted by Crippen LogP contribution is -2.43. The second-order valence-corrected chi connectivity index (χ2v) is 9.28. The number of pyridine rings is 1. The van der Waals surface area contributed by atoms with E-state index >= 15 is 0 Å². The first-order valence-corrected chi connectivity index (χ1v) is 11.9. The summed E-state index contributed by atoms with van der Waals surface area (Å²) in [7, 11) is 2.19. The number of fused-ring (bicyclic) bond motifs is 1. The van der Waals surface area contributed by atoms with Crippen LogP contribution >= 0.6 is 0 Å². The van der Waals surface area contributed by atoms with Gasteiger partial charge in [-0.3, -0.25) is 4.90 Å². The van der Waals surface area contributed by atoms with E-state index in [2.05, 4.69) is 70.9 Å². The van der Waals surface area contributed by atoms with Crippen molar-refractivity contribution in [2.24, 2.45) is 0 Å². The van der Waals surface area contributed by atoms with Crippen LogP contribution < -0.4 is 4.74 Å². The SMILES string of the molecule is C=C(C)c1cc(OCc2ccccc2)nc2[nH]c(-c3ccc(CN4CCN(C)CC4)cc3)cc12. The number of hydrogen-bond acceptors (Lipinski definition) is 4. The zero-order valence-electron chi connectivity index (χ0n) is 20.1. The van der Waals surface area contributed by atoms with Crippen LogP contribution in [0.5, 0.6) is 5.88 Å². The first-order chi connectivity index (χ1) is 16.5. The summed E-state index contributed by atoms with van der Waals surface area (Å²) in [6, 6.07) is 23.2. The van der Waals surface area contributed by atoms with Gasteiger partial charge in [0.1, 0.15) is 12.3 Å². The van der Waals surface area contributed by atoms with Gasteiger partial charge in [0.05, 0.1) is 0 Å². The molecule has 1 aliphatic heterocycles. The van der Waals surface area contributed by atoms with E-state index in [0.29, 0.717) is 12.5 Å². The van der Waals surface area contributed by atoms with Crippen molar-refractivity contribution in [1.29, 1.82) is 0 Å². The second-order valence-electron chi connectivity index (χ2n) is 9.28. The van der Waals surface area contributed by atoms with Gasteiger partial charge in [-0.15, -0.1) is 0 Å². The number of benzene rings is 2. The molecule has 0 radical (unpaired) electrons. The van der Waals surface area contributed by atoms with Crippen LogP contribution in [-0.4, -0.2) is 53.0 Å². The number of H-pyrrole nitrogens is 1. The highest BCUT2D eigenvalue weighted by Gasteiger charge is 2.15. The second kappa shape index (κ2) is 9.84. The summed E-state index contributed by atoms with van der Waals surface area (Å²) in [6.45, 7) is 12.2. The van der Waals surface area contributed by atoms with Crippen molar-refractivity contribution in [3.05, 3.63) is 90.0 Å². The molecule has 0 spiro atoms. The molecule has 0 bridgehead atoms. The molecule has 0 amide bonds. The fourth-order valence-corrected chi connectivity index (χ4v) is 4.45. The van der Waals surface area contributed by atoms with Crippen molar-refractivity contribution in [3.8, 4) is 17.1 Å². The van der Waals surface area contributed by atoms with Crippen molar-refractivity contribution in [2.45, 2.75) is 20.1 Å². The Labute approximate surface area is 201 Å². The van der Waals surface area contributed by atoms with Crippen molar-refractivity contribution in [3.63, 3.8) is 0 Å². The van der Waals surface area contributed by atoms with Gasteiger partial charge >= 0.3 is 0 Å². The van der Waals surface area contributed by atoms with Crippen molar-refractivity contribution in [1.82, 2.24) is 19.8 Å². The van der Waals surface area contributed by atoms with E-state index in [4.69, 9.17) is 9.72 Å². The molecule has 174 valence electrons. The van der Waals surface area contributed by atoms with Crippen molar-refractivity contribution >= 4 is 16.6 Å². The van der Waals surface area contributed by atoms with Gasteiger partial charge in [-0.25, -0.2) is 0 Å². The molecule has 34 heavy (non-hydrogen) atoms. The standard InChI is InChI=1S/C29H32N4O/c1-21(2)25-18-28(34-20-23-7-5-4-6-8-23)31-29-26(25)17-27(30-29)24-11-9-22(10-12-24)19-33-15-13-32(3)14-16-33/h4-12,17-18H,1,13-16,19-20H2,2-3H3,(H,30,31). The Hall–Kier alpha value is -3.41. The van der Waals surface area contributed by atoms with Gasteiger partial charge in [0.15, 0.2) is 0 Å². The highest BCUT2D eigenvalue weighted by Crippen LogP contribution is 2.31. The van der Waals surface area contributed by atoms with Crippen LogP contribution in [0.2, 0.25) is 0 Å². The summed E-state index contributed by atoms with van der Waals surface area (Å²) in [6.07, 6.45) is 0. The number of aromatic nitrogens is 2. The molecule has 3 heterocycles. The first kappa shape index (κ1) is 22.4. The quantitative estimate of drug-likeness (QED) is 0.397. The molecule has 2 aromatic carbocycles. The third-order valence-electron chi connectivity index (χ3n) is 6.53. The van der Waals surface area contributed by atoms with E-state index < -0.39 is 0 Å². The van der Waals surface area contributed by atoms with Gasteiger partial charge in [-0.05, 0) is 42.3 Å². The summed E-state index contributed by atoms with van der Waals surface area (Å²) in [5.41, 5.74) is 7.54. The topological polar surface area (TPSA) is 44.4 Å². The Kier molecular flexibility index (Phi) is 6.48. The van der Waals surface area contributed by atoms with Crippen molar-refractivity contribution in [2.75, 3.05) is 33.2 Å². The maximum absolute atomic E-state index is 6.02. The normalized spacial score (nSPS) is 15.0. The number of likely N-dealkylation sites (N-methyl/N-ethyl adjacent to an activating group) is 1. The van der Waals surface area contributed by atoms with E-state index in [9.17, 15) is 0 Å².